The predicted octanol–water partition coefficient (Wildman–Crippen LogP) is 3.24. The molecule has 100 valence electrons. The maximum atomic E-state index is 10.8. The first-order chi connectivity index (χ1) is 8.47. The summed E-state index contributed by atoms with van der Waals surface area (Å²) in [6, 6.07) is 8.57. The molecule has 1 aromatic rings. The summed E-state index contributed by atoms with van der Waals surface area (Å²) in [7, 11) is 0. The van der Waals surface area contributed by atoms with E-state index in [0.717, 1.165) is 6.54 Å². The zero-order chi connectivity index (χ0) is 13.7. The van der Waals surface area contributed by atoms with Crippen molar-refractivity contribution in [1.82, 2.24) is 4.90 Å². The summed E-state index contributed by atoms with van der Waals surface area (Å²) in [5, 5.41) is 8.91. The fourth-order valence-electron chi connectivity index (χ4n) is 2.57. The monoisotopic (exact) mass is 249 g/mol. The third kappa shape index (κ3) is 3.57. The molecule has 1 rings (SSSR count). The first kappa shape index (κ1) is 14.7. The molecule has 3 nitrogen and oxygen atoms in total. The first-order valence-corrected chi connectivity index (χ1v) is 6.50. The van der Waals surface area contributed by atoms with Crippen molar-refractivity contribution < 1.29 is 9.90 Å². The number of carbonyl (C=O) groups is 1. The fourth-order valence-corrected chi connectivity index (χ4v) is 2.57. The van der Waals surface area contributed by atoms with Crippen LogP contribution in [0, 0.1) is 6.92 Å². The summed E-state index contributed by atoms with van der Waals surface area (Å²) in [5.74, 6) is -0.738. The number of carboxylic acids is 1. The summed E-state index contributed by atoms with van der Waals surface area (Å²) in [4.78, 5) is 13.1. The predicted molar refractivity (Wildman–Crippen MR) is 73.7 cm³/mol. The molecule has 2 unspecified atom stereocenters. The van der Waals surface area contributed by atoms with Crippen LogP contribution >= 0.6 is 0 Å². The number of carboxylic acid groups (broad SMARTS) is 1. The minimum atomic E-state index is -0.738. The standard InChI is InChI=1S/C15H23NO2/c1-5-16(12(3)10-15(17)18)13(4)14-9-7-6-8-11(14)2/h6-9,12-13H,5,10H2,1-4H3,(H,17,18). The van der Waals surface area contributed by atoms with Crippen molar-refractivity contribution in [3.05, 3.63) is 35.4 Å². The molecule has 2 atom stereocenters. The van der Waals surface area contributed by atoms with Gasteiger partial charge in [0.25, 0.3) is 0 Å². The van der Waals surface area contributed by atoms with Gasteiger partial charge in [0, 0.05) is 12.1 Å². The highest BCUT2D eigenvalue weighted by Crippen LogP contribution is 2.25. The molecule has 0 spiro atoms. The Morgan fingerprint density at radius 2 is 1.94 bits per heavy atom. The van der Waals surface area contributed by atoms with E-state index < -0.39 is 5.97 Å². The second-order valence-electron chi connectivity index (χ2n) is 4.81. The van der Waals surface area contributed by atoms with Crippen molar-refractivity contribution in [2.45, 2.75) is 46.2 Å². The quantitative estimate of drug-likeness (QED) is 0.841. The van der Waals surface area contributed by atoms with Crippen LogP contribution in [0.3, 0.4) is 0 Å². The smallest absolute Gasteiger partial charge is 0.304 e. The topological polar surface area (TPSA) is 40.5 Å². The summed E-state index contributed by atoms with van der Waals surface area (Å²) in [6.45, 7) is 9.15. The number of hydrogen-bond acceptors (Lipinski definition) is 2. The van der Waals surface area contributed by atoms with Crippen molar-refractivity contribution in [1.29, 1.82) is 0 Å². The van der Waals surface area contributed by atoms with E-state index in [1.165, 1.54) is 11.1 Å². The molecular weight excluding hydrogens is 226 g/mol. The van der Waals surface area contributed by atoms with E-state index in [1.54, 1.807) is 0 Å². The Morgan fingerprint density at radius 3 is 2.44 bits per heavy atom. The van der Waals surface area contributed by atoms with Crippen LogP contribution in [0.4, 0.5) is 0 Å². The Hall–Kier alpha value is -1.35. The average molecular weight is 249 g/mol. The number of aliphatic carboxylic acids is 1. The van der Waals surface area contributed by atoms with Gasteiger partial charge in [0.15, 0.2) is 0 Å². The highest BCUT2D eigenvalue weighted by Gasteiger charge is 2.22. The van der Waals surface area contributed by atoms with Gasteiger partial charge in [0.2, 0.25) is 0 Å². The van der Waals surface area contributed by atoms with Gasteiger partial charge in [-0.05, 0) is 38.4 Å². The molecule has 0 heterocycles. The largest absolute Gasteiger partial charge is 0.481 e. The van der Waals surface area contributed by atoms with Crippen LogP contribution in [0.5, 0.6) is 0 Å². The van der Waals surface area contributed by atoms with Gasteiger partial charge < -0.3 is 5.11 Å². The molecule has 0 aromatic heterocycles. The molecular formula is C15H23NO2. The Bertz CT molecular complexity index is 403. The number of hydrogen-bond donors (Lipinski definition) is 1. The SMILES string of the molecule is CCN(C(C)CC(=O)O)C(C)c1ccccc1C. The number of benzene rings is 1. The molecule has 0 saturated heterocycles. The van der Waals surface area contributed by atoms with Gasteiger partial charge in [-0.3, -0.25) is 9.69 Å². The van der Waals surface area contributed by atoms with Crippen LogP contribution in [-0.2, 0) is 4.79 Å². The highest BCUT2D eigenvalue weighted by atomic mass is 16.4. The van der Waals surface area contributed by atoms with Crippen LogP contribution in [0.1, 0.15) is 44.4 Å². The number of rotatable bonds is 6. The molecule has 1 aromatic carbocycles. The maximum Gasteiger partial charge on any atom is 0.304 e. The minimum Gasteiger partial charge on any atom is -0.481 e. The summed E-state index contributed by atoms with van der Waals surface area (Å²) in [6.07, 6.45) is 0.185. The van der Waals surface area contributed by atoms with Gasteiger partial charge in [-0.25, -0.2) is 0 Å². The van der Waals surface area contributed by atoms with Gasteiger partial charge in [-0.1, -0.05) is 31.2 Å². The van der Waals surface area contributed by atoms with Crippen LogP contribution in [-0.4, -0.2) is 28.6 Å². The van der Waals surface area contributed by atoms with Crippen molar-refractivity contribution in [3.8, 4) is 0 Å². The molecule has 0 aliphatic carbocycles. The molecule has 0 saturated carbocycles. The van der Waals surface area contributed by atoms with Crippen LogP contribution in [0.15, 0.2) is 24.3 Å². The van der Waals surface area contributed by atoms with Crippen LogP contribution < -0.4 is 0 Å². The summed E-state index contributed by atoms with van der Waals surface area (Å²) < 4.78 is 0. The van der Waals surface area contributed by atoms with Gasteiger partial charge in [-0.15, -0.1) is 0 Å². The Kier molecular flexibility index (Phi) is 5.35. The van der Waals surface area contributed by atoms with Crippen LogP contribution in [0.2, 0.25) is 0 Å². The molecule has 18 heavy (non-hydrogen) atoms. The molecule has 0 amide bonds. The second-order valence-corrected chi connectivity index (χ2v) is 4.81. The van der Waals surface area contributed by atoms with E-state index in [9.17, 15) is 4.79 Å². The lowest BCUT2D eigenvalue weighted by Gasteiger charge is -2.34. The lowest BCUT2D eigenvalue weighted by atomic mass is 9.99. The molecule has 0 bridgehead atoms. The van der Waals surface area contributed by atoms with E-state index in [-0.39, 0.29) is 18.5 Å². The van der Waals surface area contributed by atoms with Crippen molar-refractivity contribution in [2.75, 3.05) is 6.54 Å². The number of nitrogens with zero attached hydrogens (tertiary/aromatic N) is 1. The van der Waals surface area contributed by atoms with E-state index in [2.05, 4.69) is 37.8 Å². The lowest BCUT2D eigenvalue weighted by molar-refractivity contribution is -0.138. The van der Waals surface area contributed by atoms with E-state index in [1.807, 2.05) is 19.1 Å². The van der Waals surface area contributed by atoms with Gasteiger partial charge >= 0.3 is 5.97 Å². The van der Waals surface area contributed by atoms with E-state index >= 15 is 0 Å². The third-order valence-electron chi connectivity index (χ3n) is 3.54. The van der Waals surface area contributed by atoms with Gasteiger partial charge in [0.1, 0.15) is 0 Å². The van der Waals surface area contributed by atoms with Crippen molar-refractivity contribution in [2.24, 2.45) is 0 Å². The molecule has 1 N–H and O–H groups in total. The molecule has 0 aliphatic heterocycles. The molecule has 3 heteroatoms. The van der Waals surface area contributed by atoms with Gasteiger partial charge in [0.05, 0.1) is 6.42 Å². The Morgan fingerprint density at radius 1 is 1.33 bits per heavy atom. The van der Waals surface area contributed by atoms with Gasteiger partial charge in [-0.2, -0.15) is 0 Å². The number of aryl methyl sites for hydroxylation is 1. The Balaban J connectivity index is 2.88. The maximum absolute atomic E-state index is 10.8. The summed E-state index contributed by atoms with van der Waals surface area (Å²) >= 11 is 0. The minimum absolute atomic E-state index is 0.0436. The lowest BCUT2D eigenvalue weighted by Crippen LogP contribution is -2.37. The second kappa shape index (κ2) is 6.55. The fraction of sp³-hybridized carbons (Fsp3) is 0.533. The third-order valence-corrected chi connectivity index (χ3v) is 3.54. The normalized spacial score (nSPS) is 14.5. The molecule has 0 aliphatic rings. The van der Waals surface area contributed by atoms with Crippen LogP contribution in [0.25, 0.3) is 0 Å². The first-order valence-electron chi connectivity index (χ1n) is 6.50. The summed E-state index contributed by atoms with van der Waals surface area (Å²) in [5.41, 5.74) is 2.53. The molecule has 0 radical (unpaired) electrons. The van der Waals surface area contributed by atoms with Crippen molar-refractivity contribution in [3.63, 3.8) is 0 Å². The van der Waals surface area contributed by atoms with E-state index in [0.29, 0.717) is 0 Å². The Labute approximate surface area is 109 Å². The zero-order valence-electron chi connectivity index (χ0n) is 11.7. The van der Waals surface area contributed by atoms with Crippen molar-refractivity contribution >= 4 is 5.97 Å². The molecule has 0 fully saturated rings. The highest BCUT2D eigenvalue weighted by molar-refractivity contribution is 5.67. The van der Waals surface area contributed by atoms with E-state index in [4.69, 9.17) is 5.11 Å². The zero-order valence-corrected chi connectivity index (χ0v) is 11.7. The average Bonchev–Trinajstić information content (AvgIpc) is 2.29.